The van der Waals surface area contributed by atoms with Crippen molar-refractivity contribution >= 4 is 11.7 Å². The van der Waals surface area contributed by atoms with Gasteiger partial charge in [0.1, 0.15) is 11.8 Å². The van der Waals surface area contributed by atoms with Crippen LogP contribution in [0.4, 0.5) is 5.69 Å². The number of aliphatic hydroxyl groups excluding tert-OH is 1. The predicted octanol–water partition coefficient (Wildman–Crippen LogP) is 4.13. The summed E-state index contributed by atoms with van der Waals surface area (Å²) < 4.78 is 5.53. The lowest BCUT2D eigenvalue weighted by Gasteiger charge is -2.18. The molecule has 0 aliphatic heterocycles. The molecule has 0 saturated heterocycles. The number of hydrogen-bond acceptors (Lipinski definition) is 5. The zero-order valence-electron chi connectivity index (χ0n) is 18.7. The number of aliphatic carboxylic acids is 1. The van der Waals surface area contributed by atoms with Gasteiger partial charge in [-0.3, -0.25) is 10.1 Å². The lowest BCUT2D eigenvalue weighted by atomic mass is 9.96. The Morgan fingerprint density at radius 3 is 2.41 bits per heavy atom. The first-order valence-electron chi connectivity index (χ1n) is 10.6. The van der Waals surface area contributed by atoms with Gasteiger partial charge in [-0.15, -0.1) is 0 Å². The van der Waals surface area contributed by atoms with Crippen LogP contribution >= 0.6 is 0 Å². The lowest BCUT2D eigenvalue weighted by molar-refractivity contribution is -0.140. The maximum atomic E-state index is 11.1. The van der Waals surface area contributed by atoms with Crippen LogP contribution in [0.5, 0.6) is 5.75 Å². The summed E-state index contributed by atoms with van der Waals surface area (Å²) in [5, 5.41) is 24.7. The number of aliphatic hydroxyl groups is 1. The topological polar surface area (TPSA) is 90.8 Å². The van der Waals surface area contributed by atoms with E-state index in [-0.39, 0.29) is 6.54 Å². The molecule has 3 rings (SSSR count). The molecule has 168 valence electrons. The minimum absolute atomic E-state index is 0.278. The highest BCUT2D eigenvalue weighted by Crippen LogP contribution is 2.29. The molecule has 0 aliphatic carbocycles. The predicted molar refractivity (Wildman–Crippen MR) is 127 cm³/mol. The van der Waals surface area contributed by atoms with Crippen molar-refractivity contribution in [2.75, 3.05) is 19.0 Å². The second-order valence-electron chi connectivity index (χ2n) is 7.74. The number of carbonyl (C=O) groups is 1. The van der Waals surface area contributed by atoms with E-state index >= 15 is 0 Å². The second kappa shape index (κ2) is 10.8. The van der Waals surface area contributed by atoms with Gasteiger partial charge in [0, 0.05) is 30.4 Å². The van der Waals surface area contributed by atoms with Gasteiger partial charge in [0.15, 0.2) is 0 Å². The summed E-state index contributed by atoms with van der Waals surface area (Å²) in [6.45, 7) is 4.61. The van der Waals surface area contributed by atoms with E-state index < -0.39 is 18.6 Å². The Kier molecular flexibility index (Phi) is 7.87. The third kappa shape index (κ3) is 5.46. The molecule has 6 nitrogen and oxygen atoms in total. The number of ether oxygens (including phenoxy) is 1. The SMILES string of the molecule is COc1cc(NCc2cccc(-c3ccccc3)c2C)c(C)cc1CNC(CO)C(=O)O. The first-order chi connectivity index (χ1) is 15.4. The van der Waals surface area contributed by atoms with Crippen molar-refractivity contribution in [1.82, 2.24) is 5.32 Å². The van der Waals surface area contributed by atoms with Gasteiger partial charge in [0.2, 0.25) is 0 Å². The Labute approximate surface area is 188 Å². The summed E-state index contributed by atoms with van der Waals surface area (Å²) in [6.07, 6.45) is 0. The Morgan fingerprint density at radius 2 is 1.75 bits per heavy atom. The zero-order valence-corrected chi connectivity index (χ0v) is 18.7. The van der Waals surface area contributed by atoms with Gasteiger partial charge in [-0.25, -0.2) is 0 Å². The van der Waals surface area contributed by atoms with Crippen molar-refractivity contribution in [2.45, 2.75) is 33.0 Å². The molecular weight excluding hydrogens is 404 g/mol. The van der Waals surface area contributed by atoms with Gasteiger partial charge in [-0.2, -0.15) is 0 Å². The maximum Gasteiger partial charge on any atom is 0.323 e. The summed E-state index contributed by atoms with van der Waals surface area (Å²) in [5.74, 6) is -0.433. The highest BCUT2D eigenvalue weighted by Gasteiger charge is 2.17. The number of methoxy groups -OCH3 is 1. The quantitative estimate of drug-likeness (QED) is 0.384. The average Bonchev–Trinajstić information content (AvgIpc) is 2.80. The molecule has 0 fully saturated rings. The number of anilines is 1. The van der Waals surface area contributed by atoms with Gasteiger partial charge in [0.05, 0.1) is 13.7 Å². The van der Waals surface area contributed by atoms with E-state index in [2.05, 4.69) is 47.9 Å². The molecule has 6 heteroatoms. The molecule has 1 atom stereocenters. The average molecular weight is 435 g/mol. The minimum atomic E-state index is -1.09. The smallest absolute Gasteiger partial charge is 0.323 e. The molecule has 0 amide bonds. The van der Waals surface area contributed by atoms with E-state index in [0.717, 1.165) is 16.8 Å². The number of carboxylic acid groups (broad SMARTS) is 1. The molecule has 3 aromatic rings. The standard InChI is InChI=1S/C26H30N2O4/c1-17-12-21(15-28-24(16-29)26(30)31)25(32-3)13-23(17)27-14-20-10-7-11-22(18(20)2)19-8-5-4-6-9-19/h4-13,24,27-29H,14-16H2,1-3H3,(H,30,31). The van der Waals surface area contributed by atoms with E-state index in [0.29, 0.717) is 12.3 Å². The molecule has 0 heterocycles. The number of nitrogens with one attached hydrogen (secondary N) is 2. The Hall–Kier alpha value is -3.35. The van der Waals surface area contributed by atoms with Crippen molar-refractivity contribution in [3.63, 3.8) is 0 Å². The molecule has 4 N–H and O–H groups in total. The van der Waals surface area contributed by atoms with Crippen LogP contribution in [-0.4, -0.2) is 35.9 Å². The van der Waals surface area contributed by atoms with Gasteiger partial charge < -0.3 is 20.3 Å². The normalized spacial score (nSPS) is 11.8. The number of carboxylic acids is 1. The number of rotatable bonds is 10. The molecule has 1 unspecified atom stereocenters. The van der Waals surface area contributed by atoms with Crippen molar-refractivity contribution in [3.8, 4) is 16.9 Å². The van der Waals surface area contributed by atoms with E-state index in [1.165, 1.54) is 22.3 Å². The zero-order chi connectivity index (χ0) is 23.1. The fourth-order valence-corrected chi connectivity index (χ4v) is 3.73. The summed E-state index contributed by atoms with van der Waals surface area (Å²) in [7, 11) is 1.59. The summed E-state index contributed by atoms with van der Waals surface area (Å²) in [6, 6.07) is 19.6. The van der Waals surface area contributed by atoms with Crippen LogP contribution in [0.3, 0.4) is 0 Å². The third-order valence-electron chi connectivity index (χ3n) is 5.65. The number of benzene rings is 3. The molecule has 0 spiro atoms. The summed E-state index contributed by atoms with van der Waals surface area (Å²) >= 11 is 0. The van der Waals surface area contributed by atoms with E-state index in [9.17, 15) is 9.90 Å². The van der Waals surface area contributed by atoms with Gasteiger partial charge >= 0.3 is 5.97 Å². The van der Waals surface area contributed by atoms with Crippen molar-refractivity contribution in [1.29, 1.82) is 0 Å². The first-order valence-corrected chi connectivity index (χ1v) is 10.6. The molecule has 0 aromatic heterocycles. The van der Waals surface area contributed by atoms with E-state index in [4.69, 9.17) is 9.84 Å². The Balaban J connectivity index is 1.76. The first kappa shape index (κ1) is 23.3. The molecule has 0 aliphatic rings. The fourth-order valence-electron chi connectivity index (χ4n) is 3.73. The van der Waals surface area contributed by atoms with Crippen LogP contribution in [0.1, 0.15) is 22.3 Å². The monoisotopic (exact) mass is 434 g/mol. The molecule has 0 radical (unpaired) electrons. The third-order valence-corrected chi connectivity index (χ3v) is 5.65. The fraction of sp³-hybridized carbons (Fsp3) is 0.269. The Bertz CT molecular complexity index is 1070. The number of aryl methyl sites for hydroxylation is 1. The second-order valence-corrected chi connectivity index (χ2v) is 7.74. The molecule has 0 bridgehead atoms. The van der Waals surface area contributed by atoms with Crippen LogP contribution in [0.25, 0.3) is 11.1 Å². The number of hydrogen-bond donors (Lipinski definition) is 4. The van der Waals surface area contributed by atoms with E-state index in [1.807, 2.05) is 37.3 Å². The van der Waals surface area contributed by atoms with Crippen molar-refractivity contribution < 1.29 is 19.7 Å². The highest BCUT2D eigenvalue weighted by atomic mass is 16.5. The van der Waals surface area contributed by atoms with Gasteiger partial charge in [-0.1, -0.05) is 48.5 Å². The van der Waals surface area contributed by atoms with Crippen LogP contribution in [-0.2, 0) is 17.9 Å². The molecular formula is C26H30N2O4. The van der Waals surface area contributed by atoms with Gasteiger partial charge in [0.25, 0.3) is 0 Å². The highest BCUT2D eigenvalue weighted by molar-refractivity contribution is 5.73. The van der Waals surface area contributed by atoms with E-state index in [1.54, 1.807) is 7.11 Å². The van der Waals surface area contributed by atoms with Gasteiger partial charge in [-0.05, 0) is 47.7 Å². The maximum absolute atomic E-state index is 11.1. The molecule has 3 aromatic carbocycles. The summed E-state index contributed by atoms with van der Waals surface area (Å²) in [4.78, 5) is 11.1. The van der Waals surface area contributed by atoms with Crippen LogP contribution in [0.15, 0.2) is 60.7 Å². The lowest BCUT2D eigenvalue weighted by Crippen LogP contribution is -2.39. The van der Waals surface area contributed by atoms with Crippen molar-refractivity contribution in [2.24, 2.45) is 0 Å². The largest absolute Gasteiger partial charge is 0.496 e. The molecule has 32 heavy (non-hydrogen) atoms. The van der Waals surface area contributed by atoms with Crippen molar-refractivity contribution in [3.05, 3.63) is 82.9 Å². The van der Waals surface area contributed by atoms with Crippen LogP contribution in [0, 0.1) is 13.8 Å². The van der Waals surface area contributed by atoms with Crippen LogP contribution < -0.4 is 15.4 Å². The summed E-state index contributed by atoms with van der Waals surface area (Å²) in [5.41, 5.74) is 7.67. The van der Waals surface area contributed by atoms with Crippen LogP contribution in [0.2, 0.25) is 0 Å². The minimum Gasteiger partial charge on any atom is -0.496 e. The molecule has 0 saturated carbocycles. The Morgan fingerprint density at radius 1 is 1.00 bits per heavy atom.